The number of halogens is 1. The molecule has 2 rings (SSSR count). The van der Waals surface area contributed by atoms with Gasteiger partial charge in [0.15, 0.2) is 0 Å². The van der Waals surface area contributed by atoms with Crippen LogP contribution in [-0.4, -0.2) is 18.0 Å². The lowest BCUT2D eigenvalue weighted by atomic mass is 9.89. The van der Waals surface area contributed by atoms with Crippen molar-refractivity contribution in [3.63, 3.8) is 0 Å². The Kier molecular flexibility index (Phi) is 6.03. The minimum Gasteiger partial charge on any atom is -0.348 e. The second kappa shape index (κ2) is 7.09. The fourth-order valence-electron chi connectivity index (χ4n) is 2.54. The smallest absolute Gasteiger partial charge is 0.240 e. The monoisotopic (exact) mass is 296 g/mol. The molecule has 1 aliphatic rings. The van der Waals surface area contributed by atoms with Crippen LogP contribution >= 0.6 is 12.4 Å². The number of piperidine rings is 1. The van der Waals surface area contributed by atoms with Gasteiger partial charge in [-0.2, -0.15) is 0 Å². The van der Waals surface area contributed by atoms with Crippen LogP contribution in [0.1, 0.15) is 50.3 Å². The highest BCUT2D eigenvalue weighted by molar-refractivity contribution is 5.86. The molecule has 4 heteroatoms. The average Bonchev–Trinajstić information content (AvgIpc) is 2.40. The molecular weight excluding hydrogens is 272 g/mol. The van der Waals surface area contributed by atoms with Crippen molar-refractivity contribution in [3.8, 4) is 0 Å². The van der Waals surface area contributed by atoms with Crippen LogP contribution in [0.25, 0.3) is 0 Å². The summed E-state index contributed by atoms with van der Waals surface area (Å²) in [6.45, 7) is 7.04. The first kappa shape index (κ1) is 17.0. The van der Waals surface area contributed by atoms with E-state index in [1.54, 1.807) is 0 Å². The van der Waals surface area contributed by atoms with Crippen molar-refractivity contribution in [2.75, 3.05) is 6.54 Å². The largest absolute Gasteiger partial charge is 0.348 e. The maximum absolute atomic E-state index is 12.4. The Morgan fingerprint density at radius 2 is 1.95 bits per heavy atom. The Morgan fingerprint density at radius 3 is 2.50 bits per heavy atom. The fraction of sp³-hybridized carbons (Fsp3) is 0.562. The first-order valence-corrected chi connectivity index (χ1v) is 7.14. The molecule has 0 radical (unpaired) electrons. The maximum Gasteiger partial charge on any atom is 0.240 e. The van der Waals surface area contributed by atoms with Crippen LogP contribution in [-0.2, 0) is 4.79 Å². The lowest BCUT2D eigenvalue weighted by Gasteiger charge is -2.34. The molecule has 2 atom stereocenters. The van der Waals surface area contributed by atoms with E-state index < -0.39 is 5.54 Å². The fourth-order valence-corrected chi connectivity index (χ4v) is 2.54. The number of amides is 1. The Morgan fingerprint density at radius 1 is 1.30 bits per heavy atom. The van der Waals surface area contributed by atoms with Crippen LogP contribution in [0.3, 0.4) is 0 Å². The van der Waals surface area contributed by atoms with E-state index in [-0.39, 0.29) is 24.4 Å². The SMILES string of the molecule is Cc1ccc(C(C)NC(=O)C2(C)CCCCN2)cc1.Cl. The van der Waals surface area contributed by atoms with E-state index in [1.807, 2.05) is 13.8 Å². The molecule has 3 nitrogen and oxygen atoms in total. The van der Waals surface area contributed by atoms with Crippen molar-refractivity contribution in [2.45, 2.75) is 51.6 Å². The summed E-state index contributed by atoms with van der Waals surface area (Å²) < 4.78 is 0. The Bertz CT molecular complexity index is 438. The number of carbonyl (C=O) groups is 1. The van der Waals surface area contributed by atoms with Crippen molar-refractivity contribution >= 4 is 18.3 Å². The molecule has 0 aliphatic carbocycles. The van der Waals surface area contributed by atoms with Gasteiger partial charge in [-0.05, 0) is 52.1 Å². The maximum atomic E-state index is 12.4. The van der Waals surface area contributed by atoms with E-state index in [0.29, 0.717) is 0 Å². The van der Waals surface area contributed by atoms with Gasteiger partial charge >= 0.3 is 0 Å². The zero-order chi connectivity index (χ0) is 13.9. The van der Waals surface area contributed by atoms with Gasteiger partial charge in [0, 0.05) is 0 Å². The molecule has 0 aromatic heterocycles. The molecule has 112 valence electrons. The molecule has 0 bridgehead atoms. The molecule has 1 heterocycles. The van der Waals surface area contributed by atoms with Crippen LogP contribution in [0.15, 0.2) is 24.3 Å². The van der Waals surface area contributed by atoms with E-state index in [0.717, 1.165) is 31.4 Å². The molecule has 20 heavy (non-hydrogen) atoms. The van der Waals surface area contributed by atoms with Gasteiger partial charge in [-0.1, -0.05) is 29.8 Å². The Balaban J connectivity index is 0.00000200. The van der Waals surface area contributed by atoms with Gasteiger partial charge in [-0.3, -0.25) is 4.79 Å². The van der Waals surface area contributed by atoms with Crippen molar-refractivity contribution in [3.05, 3.63) is 35.4 Å². The summed E-state index contributed by atoms with van der Waals surface area (Å²) in [5.74, 6) is 0.111. The number of nitrogens with one attached hydrogen (secondary N) is 2. The van der Waals surface area contributed by atoms with Crippen LogP contribution in [0.4, 0.5) is 0 Å². The summed E-state index contributed by atoms with van der Waals surface area (Å²) in [5, 5.41) is 6.47. The van der Waals surface area contributed by atoms with Crippen LogP contribution in [0.2, 0.25) is 0 Å². The lowest BCUT2D eigenvalue weighted by Crippen LogP contribution is -2.57. The zero-order valence-corrected chi connectivity index (χ0v) is 13.3. The van der Waals surface area contributed by atoms with Gasteiger partial charge in [-0.15, -0.1) is 12.4 Å². The van der Waals surface area contributed by atoms with Crippen molar-refractivity contribution < 1.29 is 4.79 Å². The third-order valence-electron chi connectivity index (χ3n) is 4.04. The predicted octanol–water partition coefficient (Wildman–Crippen LogP) is 3.13. The van der Waals surface area contributed by atoms with Crippen molar-refractivity contribution in [2.24, 2.45) is 0 Å². The Hall–Kier alpha value is -1.06. The third-order valence-corrected chi connectivity index (χ3v) is 4.04. The van der Waals surface area contributed by atoms with Gasteiger partial charge in [-0.25, -0.2) is 0 Å². The van der Waals surface area contributed by atoms with Gasteiger partial charge in [0.25, 0.3) is 0 Å². The molecular formula is C16H25ClN2O. The quantitative estimate of drug-likeness (QED) is 0.900. The molecule has 1 amide bonds. The number of hydrogen-bond acceptors (Lipinski definition) is 2. The van der Waals surface area contributed by atoms with Crippen LogP contribution in [0.5, 0.6) is 0 Å². The molecule has 0 spiro atoms. The molecule has 1 fully saturated rings. The molecule has 2 unspecified atom stereocenters. The molecule has 2 N–H and O–H groups in total. The van der Waals surface area contributed by atoms with E-state index in [2.05, 4.69) is 41.8 Å². The lowest BCUT2D eigenvalue weighted by molar-refractivity contribution is -0.128. The number of rotatable bonds is 3. The summed E-state index contributed by atoms with van der Waals surface area (Å²) in [7, 11) is 0. The highest BCUT2D eigenvalue weighted by Gasteiger charge is 2.34. The summed E-state index contributed by atoms with van der Waals surface area (Å²) in [4.78, 5) is 12.4. The molecule has 1 aromatic carbocycles. The topological polar surface area (TPSA) is 41.1 Å². The molecule has 1 aliphatic heterocycles. The summed E-state index contributed by atoms with van der Waals surface area (Å²) in [6.07, 6.45) is 3.20. The van der Waals surface area contributed by atoms with Crippen LogP contribution in [0, 0.1) is 6.92 Å². The van der Waals surface area contributed by atoms with Crippen molar-refractivity contribution in [1.82, 2.24) is 10.6 Å². The Labute approximate surface area is 127 Å². The van der Waals surface area contributed by atoms with Gasteiger partial charge < -0.3 is 10.6 Å². The number of benzene rings is 1. The number of carbonyl (C=O) groups excluding carboxylic acids is 1. The second-order valence-electron chi connectivity index (χ2n) is 5.82. The molecule has 1 aromatic rings. The van der Waals surface area contributed by atoms with E-state index >= 15 is 0 Å². The highest BCUT2D eigenvalue weighted by atomic mass is 35.5. The van der Waals surface area contributed by atoms with Gasteiger partial charge in [0.1, 0.15) is 0 Å². The van der Waals surface area contributed by atoms with Crippen LogP contribution < -0.4 is 10.6 Å². The van der Waals surface area contributed by atoms with E-state index in [4.69, 9.17) is 0 Å². The zero-order valence-electron chi connectivity index (χ0n) is 12.5. The first-order valence-electron chi connectivity index (χ1n) is 7.14. The van der Waals surface area contributed by atoms with Gasteiger partial charge in [0.05, 0.1) is 11.6 Å². The van der Waals surface area contributed by atoms with E-state index in [9.17, 15) is 4.79 Å². The summed E-state index contributed by atoms with van der Waals surface area (Å²) in [5.41, 5.74) is 1.98. The standard InChI is InChI=1S/C16H24N2O.ClH/c1-12-6-8-14(9-7-12)13(2)18-15(19)16(3)10-4-5-11-17-16;/h6-9,13,17H,4-5,10-11H2,1-3H3,(H,18,19);1H. The number of aryl methyl sites for hydroxylation is 1. The average molecular weight is 297 g/mol. The number of hydrogen-bond donors (Lipinski definition) is 2. The summed E-state index contributed by atoms with van der Waals surface area (Å²) >= 11 is 0. The minimum atomic E-state index is -0.406. The molecule has 1 saturated heterocycles. The minimum absolute atomic E-state index is 0. The van der Waals surface area contributed by atoms with Crippen molar-refractivity contribution in [1.29, 1.82) is 0 Å². The summed E-state index contributed by atoms with van der Waals surface area (Å²) in [6, 6.07) is 8.37. The highest BCUT2D eigenvalue weighted by Crippen LogP contribution is 2.21. The second-order valence-corrected chi connectivity index (χ2v) is 5.82. The normalized spacial score (nSPS) is 23.6. The van der Waals surface area contributed by atoms with E-state index in [1.165, 1.54) is 5.56 Å². The molecule has 0 saturated carbocycles. The third kappa shape index (κ3) is 3.97. The predicted molar refractivity (Wildman–Crippen MR) is 85.2 cm³/mol. The first-order chi connectivity index (χ1) is 9.01. The van der Waals surface area contributed by atoms with Gasteiger partial charge in [0.2, 0.25) is 5.91 Å².